The molecular weight excluding hydrogens is 585 g/mol. The number of nitrogens with two attached hydrogens (primary N) is 1. The Hall–Kier alpha value is -4.63. The van der Waals surface area contributed by atoms with Crippen molar-refractivity contribution in [2.24, 2.45) is 7.05 Å². The maximum absolute atomic E-state index is 13.5. The van der Waals surface area contributed by atoms with Crippen molar-refractivity contribution >= 4 is 32.4 Å². The summed E-state index contributed by atoms with van der Waals surface area (Å²) in [5, 5.41) is 13.0. The molecule has 224 valence electrons. The smallest absolute Gasteiger partial charge is 0.355 e. The van der Waals surface area contributed by atoms with Gasteiger partial charge in [0.2, 0.25) is 0 Å². The summed E-state index contributed by atoms with van der Waals surface area (Å²) in [5.74, 6) is -3.94. The van der Waals surface area contributed by atoms with Gasteiger partial charge in [-0.3, -0.25) is 14.1 Å². The first-order valence-electron chi connectivity index (χ1n) is 13.2. The van der Waals surface area contributed by atoms with E-state index in [2.05, 4.69) is 15.4 Å². The lowest BCUT2D eigenvalue weighted by molar-refractivity contribution is 0.228. The molecule has 0 spiro atoms. The van der Waals surface area contributed by atoms with Gasteiger partial charge in [-0.1, -0.05) is 18.2 Å². The van der Waals surface area contributed by atoms with Crippen LogP contribution in [0.4, 0.5) is 24.7 Å². The van der Waals surface area contributed by atoms with Gasteiger partial charge in [0.1, 0.15) is 29.2 Å². The van der Waals surface area contributed by atoms with Gasteiger partial charge in [-0.15, -0.1) is 0 Å². The van der Waals surface area contributed by atoms with E-state index in [9.17, 15) is 21.6 Å². The Morgan fingerprint density at radius 3 is 2.53 bits per heavy atom. The van der Waals surface area contributed by atoms with Crippen LogP contribution in [-0.4, -0.2) is 51.8 Å². The fraction of sp³-hybridized carbons (Fsp3) is 0.250. The number of nitrogens with zero attached hydrogens (tertiary/aromatic N) is 5. The molecule has 1 saturated heterocycles. The zero-order chi connectivity index (χ0) is 30.5. The van der Waals surface area contributed by atoms with Crippen LogP contribution in [0, 0.1) is 5.82 Å². The quantitative estimate of drug-likeness (QED) is 0.221. The molecule has 11 nitrogen and oxygen atoms in total. The normalized spacial score (nSPS) is 14.7. The van der Waals surface area contributed by atoms with Crippen LogP contribution in [0.5, 0.6) is 5.75 Å². The number of ether oxygens (including phenoxy) is 1. The summed E-state index contributed by atoms with van der Waals surface area (Å²) < 4.78 is 75.6. The lowest BCUT2D eigenvalue weighted by Gasteiger charge is -2.27. The van der Waals surface area contributed by atoms with Crippen LogP contribution in [0.1, 0.15) is 24.6 Å². The fourth-order valence-electron chi connectivity index (χ4n) is 4.93. The number of pyridine rings is 1. The second-order valence-electron chi connectivity index (χ2n) is 10.2. The Morgan fingerprint density at radius 2 is 1.86 bits per heavy atom. The molecule has 4 heterocycles. The summed E-state index contributed by atoms with van der Waals surface area (Å²) in [4.78, 5) is 4.41. The van der Waals surface area contributed by atoms with Gasteiger partial charge in [0.15, 0.2) is 0 Å². The molecular formula is C28H27F3N8O3S. The molecule has 15 heteroatoms. The molecule has 1 aliphatic rings. The Balaban J connectivity index is 1.44. The van der Waals surface area contributed by atoms with Crippen LogP contribution < -0.4 is 20.5 Å². The van der Waals surface area contributed by atoms with Crippen molar-refractivity contribution in [1.29, 1.82) is 0 Å². The Bertz CT molecular complexity index is 1920. The van der Waals surface area contributed by atoms with Gasteiger partial charge in [0.25, 0.3) is 10.0 Å². The fourth-order valence-corrected chi connectivity index (χ4v) is 5.49. The Kier molecular flexibility index (Phi) is 7.22. The third-order valence-electron chi connectivity index (χ3n) is 7.32. The number of aromatic nitrogens is 5. The molecule has 1 fully saturated rings. The molecule has 0 unspecified atom stereocenters. The molecule has 6 rings (SSSR count). The molecule has 0 bridgehead atoms. The number of hydrogen-bond donors (Lipinski definition) is 3. The Labute approximate surface area is 244 Å². The summed E-state index contributed by atoms with van der Waals surface area (Å²) in [6, 6.07) is 10.1. The van der Waals surface area contributed by atoms with E-state index >= 15 is 0 Å². The van der Waals surface area contributed by atoms with Crippen LogP contribution in [0.15, 0.2) is 61.1 Å². The van der Waals surface area contributed by atoms with Gasteiger partial charge in [0.05, 0.1) is 28.8 Å². The SMILES string of the molecule is C[C@H](Oc1cc(-c2nn(C)c3c(-c4cnn(C5CNC5)c4)cnc(N)c23)ccc1NS(=O)(=O)C(F)F)c1ccc(F)cc1. The van der Waals surface area contributed by atoms with Gasteiger partial charge >= 0.3 is 5.76 Å². The van der Waals surface area contributed by atoms with Crippen LogP contribution in [-0.2, 0) is 17.1 Å². The number of hydrogen-bond acceptors (Lipinski definition) is 8. The predicted octanol–water partition coefficient (Wildman–Crippen LogP) is 4.47. The third-order valence-corrected chi connectivity index (χ3v) is 8.30. The monoisotopic (exact) mass is 612 g/mol. The minimum atomic E-state index is -5.01. The van der Waals surface area contributed by atoms with Crippen molar-refractivity contribution < 1.29 is 26.3 Å². The number of rotatable bonds is 9. The lowest BCUT2D eigenvalue weighted by atomic mass is 10.0. The van der Waals surface area contributed by atoms with Crippen LogP contribution >= 0.6 is 0 Å². The Morgan fingerprint density at radius 1 is 1.12 bits per heavy atom. The van der Waals surface area contributed by atoms with E-state index in [1.165, 1.54) is 42.5 Å². The molecule has 4 N–H and O–H groups in total. The number of aryl methyl sites for hydroxylation is 1. The van der Waals surface area contributed by atoms with Gasteiger partial charge < -0.3 is 15.8 Å². The molecule has 0 amide bonds. The van der Waals surface area contributed by atoms with Crippen molar-refractivity contribution in [3.63, 3.8) is 0 Å². The maximum atomic E-state index is 13.5. The van der Waals surface area contributed by atoms with E-state index in [0.717, 1.165) is 24.2 Å². The standard InChI is InChI=1S/C28H27F3N8O3S/c1-15(16-3-6-19(29)7-4-16)42-23-9-17(5-8-22(23)37-43(40,41)28(30)31)25-24-26(38(2)36-25)21(13-34-27(24)32)18-10-35-39(14-18)20-11-33-12-20/h3-10,13-15,20,28,33,37H,11-12H2,1-2H3,(H2,32,34)/t15-/m0/s1. The van der Waals surface area contributed by atoms with E-state index < -0.39 is 27.7 Å². The van der Waals surface area contributed by atoms with Crippen molar-refractivity contribution in [3.05, 3.63) is 72.4 Å². The predicted molar refractivity (Wildman–Crippen MR) is 155 cm³/mol. The van der Waals surface area contributed by atoms with Gasteiger partial charge in [-0.2, -0.15) is 19.0 Å². The van der Waals surface area contributed by atoms with Crippen LogP contribution in [0.2, 0.25) is 0 Å². The highest BCUT2D eigenvalue weighted by atomic mass is 32.2. The average Bonchev–Trinajstić information content (AvgIpc) is 3.55. The third kappa shape index (κ3) is 5.36. The number of halogens is 3. The lowest BCUT2D eigenvalue weighted by Crippen LogP contribution is -2.43. The number of alkyl halides is 2. The summed E-state index contributed by atoms with van der Waals surface area (Å²) >= 11 is 0. The van der Waals surface area contributed by atoms with Crippen molar-refractivity contribution in [1.82, 2.24) is 29.9 Å². The van der Waals surface area contributed by atoms with E-state index in [1.54, 1.807) is 31.0 Å². The molecule has 2 aromatic carbocycles. The maximum Gasteiger partial charge on any atom is 0.355 e. The highest BCUT2D eigenvalue weighted by Gasteiger charge is 2.27. The molecule has 0 aliphatic carbocycles. The molecule has 3 aromatic heterocycles. The number of nitrogen functional groups attached to an aromatic ring is 1. The van der Waals surface area contributed by atoms with E-state index in [0.29, 0.717) is 27.7 Å². The largest absolute Gasteiger partial charge is 0.484 e. The van der Waals surface area contributed by atoms with E-state index in [-0.39, 0.29) is 23.3 Å². The molecule has 43 heavy (non-hydrogen) atoms. The van der Waals surface area contributed by atoms with Gasteiger partial charge in [-0.05, 0) is 36.8 Å². The van der Waals surface area contributed by atoms with Gasteiger partial charge in [0, 0.05) is 49.2 Å². The van der Waals surface area contributed by atoms with E-state index in [1.807, 2.05) is 15.6 Å². The number of anilines is 2. The topological polar surface area (TPSA) is 142 Å². The van der Waals surface area contributed by atoms with E-state index in [4.69, 9.17) is 15.6 Å². The minimum absolute atomic E-state index is 0.0459. The summed E-state index contributed by atoms with van der Waals surface area (Å²) in [6.45, 7) is 3.33. The first kappa shape index (κ1) is 28.5. The summed E-state index contributed by atoms with van der Waals surface area (Å²) in [7, 11) is -3.25. The highest BCUT2D eigenvalue weighted by Crippen LogP contribution is 2.40. The van der Waals surface area contributed by atoms with Crippen molar-refractivity contribution in [2.75, 3.05) is 23.5 Å². The van der Waals surface area contributed by atoms with Gasteiger partial charge in [-0.25, -0.2) is 17.8 Å². The second kappa shape index (κ2) is 10.9. The number of nitrogens with one attached hydrogen (secondary N) is 2. The average molecular weight is 613 g/mol. The molecule has 0 saturated carbocycles. The van der Waals surface area contributed by atoms with Crippen LogP contribution in [0.25, 0.3) is 33.3 Å². The second-order valence-corrected chi connectivity index (χ2v) is 11.9. The number of fused-ring (bicyclic) bond motifs is 1. The number of sulfonamides is 1. The molecule has 1 aliphatic heterocycles. The highest BCUT2D eigenvalue weighted by molar-refractivity contribution is 7.93. The molecule has 5 aromatic rings. The first-order valence-corrected chi connectivity index (χ1v) is 14.8. The minimum Gasteiger partial charge on any atom is -0.484 e. The summed E-state index contributed by atoms with van der Waals surface area (Å²) in [6.07, 6.45) is 4.65. The zero-order valence-electron chi connectivity index (χ0n) is 23.0. The molecule has 1 atom stereocenters. The van der Waals surface area contributed by atoms with Crippen LogP contribution in [0.3, 0.4) is 0 Å². The van der Waals surface area contributed by atoms with Crippen molar-refractivity contribution in [2.45, 2.75) is 24.8 Å². The summed E-state index contributed by atoms with van der Waals surface area (Å²) in [5.41, 5.74) is 9.90. The first-order chi connectivity index (χ1) is 20.5. The van der Waals surface area contributed by atoms with Crippen molar-refractivity contribution in [3.8, 4) is 28.1 Å². The zero-order valence-corrected chi connectivity index (χ0v) is 23.8. The number of benzene rings is 2. The molecule has 0 radical (unpaired) electrons.